The van der Waals surface area contributed by atoms with E-state index in [-0.39, 0.29) is 6.54 Å². The van der Waals surface area contributed by atoms with Crippen LogP contribution in [0.15, 0.2) is 11.4 Å². The maximum Gasteiger partial charge on any atom is 0.337 e. The Labute approximate surface area is 102 Å². The summed E-state index contributed by atoms with van der Waals surface area (Å²) in [7, 11) is 1.49. The van der Waals surface area contributed by atoms with Crippen molar-refractivity contribution in [3.8, 4) is 5.75 Å². The van der Waals surface area contributed by atoms with E-state index < -0.39 is 17.5 Å². The molecule has 1 atom stereocenters. The molecular formula is C10H13NO5S. The maximum atomic E-state index is 11.6. The number of aliphatic hydroxyl groups is 1. The van der Waals surface area contributed by atoms with Gasteiger partial charge in [0.05, 0.1) is 18.5 Å². The lowest BCUT2D eigenvalue weighted by molar-refractivity contribution is -0.155. The molecule has 1 aromatic rings. The predicted octanol–water partition coefficient (Wildman–Crippen LogP) is 0.322. The second kappa shape index (κ2) is 5.15. The molecule has 0 aromatic carbocycles. The Morgan fingerprint density at radius 2 is 2.24 bits per heavy atom. The molecular weight excluding hydrogens is 246 g/mol. The third-order valence-electron chi connectivity index (χ3n) is 2.09. The molecule has 0 aliphatic heterocycles. The predicted molar refractivity (Wildman–Crippen MR) is 61.5 cm³/mol. The van der Waals surface area contributed by atoms with Crippen LogP contribution in [0.4, 0.5) is 0 Å². The standard InChI is InChI=1S/C10H13NO5S/c1-10(15,9(13)14)5-11-8(12)7-3-6(16-2)4-17-7/h3-4,15H,5H2,1-2H3,(H,11,12)(H,13,14). The lowest BCUT2D eigenvalue weighted by Crippen LogP contribution is -2.46. The second-order valence-electron chi connectivity index (χ2n) is 3.61. The number of aliphatic carboxylic acids is 1. The smallest absolute Gasteiger partial charge is 0.337 e. The number of carboxylic acid groups (broad SMARTS) is 1. The first kappa shape index (κ1) is 13.5. The van der Waals surface area contributed by atoms with Crippen LogP contribution in [-0.2, 0) is 4.79 Å². The van der Waals surface area contributed by atoms with E-state index in [1.165, 1.54) is 24.5 Å². The Kier molecular flexibility index (Phi) is 4.08. The van der Waals surface area contributed by atoms with Gasteiger partial charge in [-0.05, 0) is 6.92 Å². The van der Waals surface area contributed by atoms with E-state index in [1.807, 2.05) is 0 Å². The second-order valence-corrected chi connectivity index (χ2v) is 4.52. The number of amides is 1. The minimum atomic E-state index is -1.98. The van der Waals surface area contributed by atoms with Gasteiger partial charge in [0.2, 0.25) is 0 Å². The highest BCUT2D eigenvalue weighted by molar-refractivity contribution is 7.12. The van der Waals surface area contributed by atoms with Crippen molar-refractivity contribution in [2.45, 2.75) is 12.5 Å². The Morgan fingerprint density at radius 3 is 2.71 bits per heavy atom. The van der Waals surface area contributed by atoms with E-state index >= 15 is 0 Å². The van der Waals surface area contributed by atoms with Crippen LogP contribution in [0, 0.1) is 0 Å². The number of rotatable bonds is 5. The van der Waals surface area contributed by atoms with Crippen molar-refractivity contribution in [3.63, 3.8) is 0 Å². The molecule has 0 bridgehead atoms. The summed E-state index contributed by atoms with van der Waals surface area (Å²) in [6, 6.07) is 1.54. The van der Waals surface area contributed by atoms with Crippen molar-refractivity contribution < 1.29 is 24.5 Å². The largest absolute Gasteiger partial charge is 0.496 e. The van der Waals surface area contributed by atoms with E-state index in [1.54, 1.807) is 5.38 Å². The quantitative estimate of drug-likeness (QED) is 0.708. The molecule has 0 saturated heterocycles. The van der Waals surface area contributed by atoms with Gasteiger partial charge < -0.3 is 20.3 Å². The molecule has 7 heteroatoms. The molecule has 0 fully saturated rings. The molecule has 0 aliphatic rings. The molecule has 1 amide bonds. The van der Waals surface area contributed by atoms with Gasteiger partial charge in [-0.2, -0.15) is 0 Å². The Morgan fingerprint density at radius 1 is 1.59 bits per heavy atom. The fraction of sp³-hybridized carbons (Fsp3) is 0.400. The number of hydrogen-bond donors (Lipinski definition) is 3. The van der Waals surface area contributed by atoms with Crippen LogP contribution >= 0.6 is 11.3 Å². The van der Waals surface area contributed by atoms with Crippen molar-refractivity contribution in [1.82, 2.24) is 5.32 Å². The molecule has 3 N–H and O–H groups in total. The van der Waals surface area contributed by atoms with Crippen LogP contribution in [0.2, 0.25) is 0 Å². The third-order valence-corrected chi connectivity index (χ3v) is 3.00. The van der Waals surface area contributed by atoms with Gasteiger partial charge in [-0.15, -0.1) is 11.3 Å². The fourth-order valence-corrected chi connectivity index (χ4v) is 1.73. The van der Waals surface area contributed by atoms with Crippen LogP contribution < -0.4 is 10.1 Å². The summed E-state index contributed by atoms with van der Waals surface area (Å²) in [5.41, 5.74) is -1.98. The van der Waals surface area contributed by atoms with E-state index in [9.17, 15) is 14.7 Å². The van der Waals surface area contributed by atoms with Crippen molar-refractivity contribution in [1.29, 1.82) is 0 Å². The van der Waals surface area contributed by atoms with Gasteiger partial charge in [0.15, 0.2) is 5.60 Å². The SMILES string of the molecule is COc1csc(C(=O)NCC(C)(O)C(=O)O)c1. The van der Waals surface area contributed by atoms with Crippen molar-refractivity contribution in [2.24, 2.45) is 0 Å². The highest BCUT2D eigenvalue weighted by Gasteiger charge is 2.30. The topological polar surface area (TPSA) is 95.9 Å². The molecule has 0 spiro atoms. The van der Waals surface area contributed by atoms with Gasteiger partial charge >= 0.3 is 5.97 Å². The summed E-state index contributed by atoms with van der Waals surface area (Å²) >= 11 is 1.18. The molecule has 1 rings (SSSR count). The number of hydrogen-bond acceptors (Lipinski definition) is 5. The summed E-state index contributed by atoms with van der Waals surface area (Å²) in [6.07, 6.45) is 0. The first-order valence-corrected chi connectivity index (χ1v) is 5.61. The Bertz CT molecular complexity index is 426. The van der Waals surface area contributed by atoms with E-state index in [0.717, 1.165) is 6.92 Å². The molecule has 6 nitrogen and oxygen atoms in total. The minimum absolute atomic E-state index is 0.360. The molecule has 0 saturated carbocycles. The average Bonchev–Trinajstić information content (AvgIpc) is 2.74. The average molecular weight is 259 g/mol. The van der Waals surface area contributed by atoms with Crippen LogP contribution in [0.3, 0.4) is 0 Å². The Hall–Kier alpha value is -1.60. The third kappa shape index (κ3) is 3.43. The maximum absolute atomic E-state index is 11.6. The van der Waals surface area contributed by atoms with Crippen molar-refractivity contribution in [2.75, 3.05) is 13.7 Å². The number of methoxy groups -OCH3 is 1. The van der Waals surface area contributed by atoms with Crippen LogP contribution in [0.25, 0.3) is 0 Å². The Balaban J connectivity index is 2.58. The number of thiophene rings is 1. The first-order chi connectivity index (χ1) is 7.86. The number of ether oxygens (including phenoxy) is 1. The molecule has 0 radical (unpaired) electrons. The summed E-state index contributed by atoms with van der Waals surface area (Å²) in [5, 5.41) is 22.1. The monoisotopic (exact) mass is 259 g/mol. The lowest BCUT2D eigenvalue weighted by atomic mass is 10.1. The number of carbonyl (C=O) groups is 2. The molecule has 1 heterocycles. The van der Waals surface area contributed by atoms with Crippen LogP contribution in [0.1, 0.15) is 16.6 Å². The minimum Gasteiger partial charge on any atom is -0.496 e. The summed E-state index contributed by atoms with van der Waals surface area (Å²) in [6.45, 7) is 0.756. The van der Waals surface area contributed by atoms with E-state index in [2.05, 4.69) is 5.32 Å². The first-order valence-electron chi connectivity index (χ1n) is 4.73. The van der Waals surface area contributed by atoms with Crippen LogP contribution in [0.5, 0.6) is 5.75 Å². The van der Waals surface area contributed by atoms with Gasteiger partial charge in [-0.3, -0.25) is 4.79 Å². The van der Waals surface area contributed by atoms with Gasteiger partial charge in [-0.25, -0.2) is 4.79 Å². The van der Waals surface area contributed by atoms with Gasteiger partial charge in [0.1, 0.15) is 5.75 Å². The van der Waals surface area contributed by atoms with Crippen molar-refractivity contribution in [3.05, 3.63) is 16.3 Å². The van der Waals surface area contributed by atoms with E-state index in [4.69, 9.17) is 9.84 Å². The van der Waals surface area contributed by atoms with Crippen LogP contribution in [-0.4, -0.2) is 41.3 Å². The lowest BCUT2D eigenvalue weighted by Gasteiger charge is -2.17. The van der Waals surface area contributed by atoms with Crippen molar-refractivity contribution >= 4 is 23.2 Å². The zero-order valence-electron chi connectivity index (χ0n) is 9.39. The molecule has 0 aliphatic carbocycles. The zero-order valence-corrected chi connectivity index (χ0v) is 10.2. The fourth-order valence-electron chi connectivity index (χ4n) is 0.960. The zero-order chi connectivity index (χ0) is 13.1. The molecule has 17 heavy (non-hydrogen) atoms. The number of carboxylic acids is 1. The van der Waals surface area contributed by atoms with Gasteiger partial charge in [0, 0.05) is 11.4 Å². The number of nitrogens with one attached hydrogen (secondary N) is 1. The van der Waals surface area contributed by atoms with E-state index in [0.29, 0.717) is 10.6 Å². The van der Waals surface area contributed by atoms with Gasteiger partial charge in [-0.1, -0.05) is 0 Å². The molecule has 1 aromatic heterocycles. The highest BCUT2D eigenvalue weighted by Crippen LogP contribution is 2.20. The molecule has 1 unspecified atom stereocenters. The number of carbonyl (C=O) groups excluding carboxylic acids is 1. The summed E-state index contributed by atoms with van der Waals surface area (Å²) in [4.78, 5) is 22.6. The van der Waals surface area contributed by atoms with Gasteiger partial charge in [0.25, 0.3) is 5.91 Å². The molecule has 94 valence electrons. The summed E-state index contributed by atoms with van der Waals surface area (Å²) < 4.78 is 4.92. The highest BCUT2D eigenvalue weighted by atomic mass is 32.1. The normalized spacial score (nSPS) is 13.8. The summed E-state index contributed by atoms with van der Waals surface area (Å²) in [5.74, 6) is -1.27.